The molecule has 0 aliphatic rings. The molecule has 168 valence electrons. The fourth-order valence-corrected chi connectivity index (χ4v) is 4.47. The topological polar surface area (TPSA) is 21.2 Å². The standard InChI is InChI=1S/C15H19Cl3N3S.6ClH.Sb/c1-8(2)14-20(9(3)4)21(15(19-5)22-14)13-11(17)6-10(16)7-12(13)18;;;;;;;/h6-9H,1-5H3;6*1H;/q+1;;;;;;;+5/p-6. The van der Waals surface area contributed by atoms with Gasteiger partial charge in [-0.25, -0.2) is 0 Å². The molecule has 3 nitrogen and oxygen atoms in total. The number of hydrogen-bond acceptors (Lipinski definition) is 2. The minimum absolute atomic E-state index is 0.243. The third-order valence-corrected chi connectivity index (χ3v) is 5.39. The van der Waals surface area contributed by atoms with Crippen LogP contribution < -0.4 is 9.48 Å². The molecule has 0 saturated heterocycles. The Morgan fingerprint density at radius 3 is 1.66 bits per heavy atom. The van der Waals surface area contributed by atoms with Crippen molar-refractivity contribution >= 4 is 108 Å². The summed E-state index contributed by atoms with van der Waals surface area (Å²) in [5, 5.41) is 2.76. The van der Waals surface area contributed by atoms with Crippen molar-refractivity contribution in [3.8, 4) is 5.69 Å². The monoisotopic (exact) mass is 709 g/mol. The van der Waals surface area contributed by atoms with Crippen molar-refractivity contribution in [3.05, 3.63) is 37.0 Å². The number of benzene rings is 1. The number of halogens is 9. The van der Waals surface area contributed by atoms with E-state index in [9.17, 15) is 0 Å². The summed E-state index contributed by atoms with van der Waals surface area (Å²) in [5.74, 6) is 0.374. The second kappa shape index (κ2) is 9.71. The summed E-state index contributed by atoms with van der Waals surface area (Å²) in [5.41, 5.74) is 0.713. The van der Waals surface area contributed by atoms with E-state index in [4.69, 9.17) is 87.8 Å². The molecule has 0 amide bonds. The van der Waals surface area contributed by atoms with E-state index in [0.717, 1.165) is 4.80 Å². The molecule has 1 aromatic heterocycles. The Morgan fingerprint density at radius 1 is 0.931 bits per heavy atom. The van der Waals surface area contributed by atoms with Gasteiger partial charge in [-0.1, -0.05) is 58.0 Å². The van der Waals surface area contributed by atoms with Crippen LogP contribution in [0.5, 0.6) is 0 Å². The second-order valence-corrected chi connectivity index (χ2v) is 65.7. The fourth-order valence-electron chi connectivity index (χ4n) is 2.32. The Balaban J connectivity index is 0.000000516. The molecule has 0 spiro atoms. The quantitative estimate of drug-likeness (QED) is 0.224. The van der Waals surface area contributed by atoms with Gasteiger partial charge in [0.15, 0.2) is 6.04 Å². The van der Waals surface area contributed by atoms with Crippen molar-refractivity contribution < 1.29 is 4.68 Å². The molecular weight excluding hydrogens is 695 g/mol. The van der Waals surface area contributed by atoms with E-state index in [2.05, 4.69) is 37.4 Å². The van der Waals surface area contributed by atoms with Gasteiger partial charge < -0.3 is 0 Å². The van der Waals surface area contributed by atoms with Gasteiger partial charge in [0.2, 0.25) is 4.80 Å². The summed E-state index contributed by atoms with van der Waals surface area (Å²) in [7, 11) is 26.7. The Labute approximate surface area is 209 Å². The van der Waals surface area contributed by atoms with E-state index >= 15 is 0 Å². The Morgan fingerprint density at radius 2 is 1.34 bits per heavy atom. The van der Waals surface area contributed by atoms with Crippen molar-refractivity contribution in [2.24, 2.45) is 4.99 Å². The first-order valence-electron chi connectivity index (χ1n) is 8.04. The number of hydrogen-bond donors (Lipinski definition) is 0. The molecule has 0 aliphatic heterocycles. The molecule has 29 heavy (non-hydrogen) atoms. The van der Waals surface area contributed by atoms with Gasteiger partial charge in [-0.3, -0.25) is 4.99 Å². The van der Waals surface area contributed by atoms with E-state index < -0.39 is 9.14 Å². The van der Waals surface area contributed by atoms with Gasteiger partial charge in [-0.2, -0.15) is 0 Å². The minimum atomic E-state index is -5.42. The van der Waals surface area contributed by atoms with E-state index in [1.54, 1.807) is 30.5 Å². The Kier molecular flexibility index (Phi) is 9.72. The van der Waals surface area contributed by atoms with Gasteiger partial charge in [-0.15, -0.1) is 0 Å². The Bertz CT molecular complexity index is 926. The average molecular weight is 714 g/mol. The fraction of sp³-hybridized carbons (Fsp3) is 0.467. The third kappa shape index (κ3) is 10.2. The predicted molar refractivity (Wildman–Crippen MR) is 136 cm³/mol. The molecule has 0 fully saturated rings. The van der Waals surface area contributed by atoms with Crippen LogP contribution in [0, 0.1) is 0 Å². The molecule has 2 rings (SSSR count). The summed E-state index contributed by atoms with van der Waals surface area (Å²) in [6.45, 7) is 8.59. The van der Waals surface area contributed by atoms with Crippen LogP contribution >= 0.6 is 99.1 Å². The summed E-state index contributed by atoms with van der Waals surface area (Å²) in [6.07, 6.45) is 0. The molecule has 0 atom stereocenters. The van der Waals surface area contributed by atoms with Crippen LogP contribution in [0.1, 0.15) is 44.7 Å². The first-order chi connectivity index (χ1) is 12.7. The molecule has 1 aromatic carbocycles. The molecule has 0 unspecified atom stereocenters. The van der Waals surface area contributed by atoms with Crippen molar-refractivity contribution in [1.29, 1.82) is 0 Å². The predicted octanol–water partition coefficient (Wildman–Crippen LogP) is 8.78. The molecule has 0 aliphatic carbocycles. The van der Waals surface area contributed by atoms with E-state index in [1.807, 2.05) is 4.68 Å². The van der Waals surface area contributed by atoms with Gasteiger partial charge in [0.05, 0.1) is 16.0 Å². The first-order valence-corrected chi connectivity index (χ1v) is 29.4. The van der Waals surface area contributed by atoms with Gasteiger partial charge >= 0.3 is 62.1 Å². The second-order valence-electron chi connectivity index (χ2n) is 6.53. The SMILES string of the molecule is CN=c1sc(C(C)C)[n+](C(C)C)n1-c1c(Cl)cc(Cl)cc1Cl.[Cl][Sb-]([Cl])([Cl])([Cl])([Cl])[Cl]. The van der Waals surface area contributed by atoms with Crippen LogP contribution in [-0.4, -0.2) is 20.9 Å². The number of aromatic nitrogens is 2. The van der Waals surface area contributed by atoms with Gasteiger partial charge in [-0.05, 0) is 37.3 Å². The summed E-state index contributed by atoms with van der Waals surface area (Å²) >= 11 is 20.5. The molecule has 0 bridgehead atoms. The van der Waals surface area contributed by atoms with Crippen molar-refractivity contribution in [2.45, 2.75) is 39.7 Å². The zero-order chi connectivity index (χ0) is 23.0. The van der Waals surface area contributed by atoms with Gasteiger partial charge in [0.25, 0.3) is 5.01 Å². The Hall–Kier alpha value is 2.01. The third-order valence-electron chi connectivity index (χ3n) is 3.19. The molecule has 1 heterocycles. The van der Waals surface area contributed by atoms with Crippen LogP contribution in [0.3, 0.4) is 0 Å². The van der Waals surface area contributed by atoms with Crippen LogP contribution in [0.25, 0.3) is 5.69 Å². The van der Waals surface area contributed by atoms with Crippen LogP contribution in [0.2, 0.25) is 15.1 Å². The van der Waals surface area contributed by atoms with Crippen LogP contribution in [0.4, 0.5) is 0 Å². The van der Waals surface area contributed by atoms with Crippen molar-refractivity contribution in [2.75, 3.05) is 7.05 Å². The van der Waals surface area contributed by atoms with Gasteiger partial charge in [0.1, 0.15) is 5.69 Å². The van der Waals surface area contributed by atoms with E-state index in [0.29, 0.717) is 26.7 Å². The van der Waals surface area contributed by atoms with Crippen molar-refractivity contribution in [1.82, 2.24) is 4.68 Å². The van der Waals surface area contributed by atoms with E-state index in [-0.39, 0.29) is 6.04 Å². The maximum atomic E-state index is 6.42. The summed E-state index contributed by atoms with van der Waals surface area (Å²) in [4.78, 5) is 5.26. The van der Waals surface area contributed by atoms with Gasteiger partial charge in [0, 0.05) is 12.1 Å². The summed E-state index contributed by atoms with van der Waals surface area (Å²) in [6, 6.07) is 3.65. The number of nitrogens with zero attached hydrogens (tertiary/aromatic N) is 3. The maximum absolute atomic E-state index is 6.42. The zero-order valence-electron chi connectivity index (χ0n) is 15.9. The van der Waals surface area contributed by atoms with E-state index in [1.165, 1.54) is 5.01 Å². The molecule has 0 N–H and O–H groups in total. The molecule has 14 heteroatoms. The van der Waals surface area contributed by atoms with Crippen LogP contribution in [-0.2, 0) is 0 Å². The average Bonchev–Trinajstić information content (AvgIpc) is 2.82. The molecule has 0 saturated carbocycles. The first kappa shape index (κ1) is 29.0. The zero-order valence-corrected chi connectivity index (χ0v) is 26.1. The van der Waals surface area contributed by atoms with Crippen LogP contribution in [0.15, 0.2) is 17.1 Å². The molecule has 2 aromatic rings. The number of rotatable bonds is 3. The van der Waals surface area contributed by atoms with Crippen molar-refractivity contribution in [3.63, 3.8) is 0 Å². The molecule has 0 radical (unpaired) electrons. The summed E-state index contributed by atoms with van der Waals surface area (Å²) < 4.78 is 4.18. The molecular formula is C15H19Cl9N3SSb. The normalized spacial score (nSPS) is 15.2.